The molecular formula is C14H19N3O2S. The van der Waals surface area contributed by atoms with E-state index in [1.54, 1.807) is 6.26 Å². The molecule has 1 amide bonds. The molecule has 2 aromatic heterocycles. The second-order valence-corrected chi connectivity index (χ2v) is 5.65. The van der Waals surface area contributed by atoms with Crippen molar-refractivity contribution in [1.29, 1.82) is 0 Å². The SMILES string of the molecule is CCCCCc1nnc(NC(=O)CCc2ccco2)s1. The normalized spacial score (nSPS) is 10.7. The van der Waals surface area contributed by atoms with Crippen LogP contribution in [-0.4, -0.2) is 16.1 Å². The van der Waals surface area contributed by atoms with Gasteiger partial charge in [0.2, 0.25) is 11.0 Å². The number of aromatic nitrogens is 2. The minimum Gasteiger partial charge on any atom is -0.469 e. The Bertz CT molecular complexity index is 522. The second kappa shape index (κ2) is 7.79. The Balaban J connectivity index is 1.73. The molecule has 0 atom stereocenters. The zero-order chi connectivity index (χ0) is 14.2. The topological polar surface area (TPSA) is 68.0 Å². The van der Waals surface area contributed by atoms with Crippen LogP contribution in [0.2, 0.25) is 0 Å². The van der Waals surface area contributed by atoms with E-state index >= 15 is 0 Å². The van der Waals surface area contributed by atoms with Gasteiger partial charge in [0.25, 0.3) is 0 Å². The molecule has 0 aliphatic carbocycles. The maximum Gasteiger partial charge on any atom is 0.226 e. The lowest BCUT2D eigenvalue weighted by Crippen LogP contribution is -2.11. The predicted octanol–water partition coefficient (Wildman–Crippen LogP) is 3.44. The third-order valence-corrected chi connectivity index (χ3v) is 3.78. The van der Waals surface area contributed by atoms with Gasteiger partial charge in [0.1, 0.15) is 10.8 Å². The average Bonchev–Trinajstić information content (AvgIpc) is 3.08. The van der Waals surface area contributed by atoms with E-state index < -0.39 is 0 Å². The number of nitrogens with zero attached hydrogens (tertiary/aromatic N) is 2. The van der Waals surface area contributed by atoms with Crippen LogP contribution in [-0.2, 0) is 17.6 Å². The van der Waals surface area contributed by atoms with E-state index in [9.17, 15) is 4.79 Å². The van der Waals surface area contributed by atoms with Crippen LogP contribution in [0.15, 0.2) is 22.8 Å². The molecule has 0 aliphatic heterocycles. The van der Waals surface area contributed by atoms with E-state index in [0.717, 1.165) is 23.6 Å². The first-order valence-electron chi connectivity index (χ1n) is 6.92. The number of carbonyl (C=O) groups is 1. The van der Waals surface area contributed by atoms with Crippen molar-refractivity contribution in [3.8, 4) is 0 Å². The van der Waals surface area contributed by atoms with Crippen LogP contribution in [0.4, 0.5) is 5.13 Å². The Labute approximate surface area is 122 Å². The summed E-state index contributed by atoms with van der Waals surface area (Å²) in [5.74, 6) is 0.760. The van der Waals surface area contributed by atoms with Gasteiger partial charge in [0, 0.05) is 19.3 Å². The molecule has 0 spiro atoms. The molecule has 0 bridgehead atoms. The van der Waals surface area contributed by atoms with Crippen molar-refractivity contribution in [3.05, 3.63) is 29.2 Å². The summed E-state index contributed by atoms with van der Waals surface area (Å²) in [7, 11) is 0. The van der Waals surface area contributed by atoms with Crippen LogP contribution in [0.5, 0.6) is 0 Å². The minimum absolute atomic E-state index is 0.0577. The van der Waals surface area contributed by atoms with Gasteiger partial charge in [0.15, 0.2) is 0 Å². The molecule has 0 unspecified atom stereocenters. The average molecular weight is 293 g/mol. The molecular weight excluding hydrogens is 274 g/mol. The minimum atomic E-state index is -0.0577. The maximum absolute atomic E-state index is 11.8. The molecule has 1 N–H and O–H groups in total. The number of amides is 1. The Morgan fingerprint density at radius 3 is 3.00 bits per heavy atom. The largest absolute Gasteiger partial charge is 0.469 e. The number of hydrogen-bond donors (Lipinski definition) is 1. The molecule has 0 aliphatic rings. The monoisotopic (exact) mass is 293 g/mol. The number of furan rings is 1. The highest BCUT2D eigenvalue weighted by molar-refractivity contribution is 7.15. The van der Waals surface area contributed by atoms with Crippen molar-refractivity contribution in [1.82, 2.24) is 10.2 Å². The zero-order valence-electron chi connectivity index (χ0n) is 11.6. The predicted molar refractivity (Wildman–Crippen MR) is 78.8 cm³/mol. The lowest BCUT2D eigenvalue weighted by Gasteiger charge is -1.99. The van der Waals surface area contributed by atoms with E-state index in [0.29, 0.717) is 18.0 Å². The third kappa shape index (κ3) is 4.77. The number of unbranched alkanes of at least 4 members (excludes halogenated alkanes) is 2. The van der Waals surface area contributed by atoms with Gasteiger partial charge in [-0.15, -0.1) is 10.2 Å². The molecule has 2 heterocycles. The number of rotatable bonds is 8. The van der Waals surface area contributed by atoms with Crippen molar-refractivity contribution >= 4 is 22.4 Å². The highest BCUT2D eigenvalue weighted by Crippen LogP contribution is 2.18. The summed E-state index contributed by atoms with van der Waals surface area (Å²) < 4.78 is 5.19. The molecule has 0 saturated carbocycles. The first kappa shape index (κ1) is 14.7. The van der Waals surface area contributed by atoms with E-state index in [1.807, 2.05) is 12.1 Å². The highest BCUT2D eigenvalue weighted by Gasteiger charge is 2.09. The van der Waals surface area contributed by atoms with Crippen LogP contribution in [0.3, 0.4) is 0 Å². The molecule has 6 heteroatoms. The van der Waals surface area contributed by atoms with Crippen LogP contribution in [0.1, 0.15) is 43.4 Å². The number of nitrogens with one attached hydrogen (secondary N) is 1. The van der Waals surface area contributed by atoms with Crippen molar-refractivity contribution in [2.24, 2.45) is 0 Å². The van der Waals surface area contributed by atoms with Crippen molar-refractivity contribution in [2.75, 3.05) is 5.32 Å². The molecule has 0 saturated heterocycles. The molecule has 2 rings (SSSR count). The first-order chi connectivity index (χ1) is 9.78. The molecule has 0 radical (unpaired) electrons. The van der Waals surface area contributed by atoms with E-state index in [2.05, 4.69) is 22.4 Å². The standard InChI is InChI=1S/C14H19N3O2S/c1-2-3-4-7-13-16-17-14(20-13)15-12(18)9-8-11-6-5-10-19-11/h5-6,10H,2-4,7-9H2,1H3,(H,15,17,18). The van der Waals surface area contributed by atoms with Gasteiger partial charge < -0.3 is 9.73 Å². The highest BCUT2D eigenvalue weighted by atomic mass is 32.1. The maximum atomic E-state index is 11.8. The Morgan fingerprint density at radius 1 is 1.35 bits per heavy atom. The lowest BCUT2D eigenvalue weighted by molar-refractivity contribution is -0.116. The lowest BCUT2D eigenvalue weighted by atomic mass is 10.2. The Hall–Kier alpha value is -1.69. The number of carbonyl (C=O) groups excluding carboxylic acids is 1. The van der Waals surface area contributed by atoms with E-state index in [-0.39, 0.29) is 5.91 Å². The van der Waals surface area contributed by atoms with Gasteiger partial charge in [-0.05, 0) is 18.6 Å². The van der Waals surface area contributed by atoms with Gasteiger partial charge >= 0.3 is 0 Å². The quantitative estimate of drug-likeness (QED) is 0.757. The van der Waals surface area contributed by atoms with E-state index in [1.165, 1.54) is 24.2 Å². The smallest absolute Gasteiger partial charge is 0.226 e. The molecule has 20 heavy (non-hydrogen) atoms. The summed E-state index contributed by atoms with van der Waals surface area (Å²) in [6, 6.07) is 3.69. The third-order valence-electron chi connectivity index (χ3n) is 2.89. The van der Waals surface area contributed by atoms with Gasteiger partial charge in [-0.1, -0.05) is 31.1 Å². The van der Waals surface area contributed by atoms with Crippen LogP contribution in [0, 0.1) is 0 Å². The van der Waals surface area contributed by atoms with Gasteiger partial charge in [-0.25, -0.2) is 0 Å². The first-order valence-corrected chi connectivity index (χ1v) is 7.74. The summed E-state index contributed by atoms with van der Waals surface area (Å²) >= 11 is 1.46. The number of anilines is 1. The fourth-order valence-corrected chi connectivity index (χ4v) is 2.60. The van der Waals surface area contributed by atoms with Crippen LogP contribution >= 0.6 is 11.3 Å². The van der Waals surface area contributed by atoms with E-state index in [4.69, 9.17) is 4.42 Å². The van der Waals surface area contributed by atoms with Crippen molar-refractivity contribution < 1.29 is 9.21 Å². The van der Waals surface area contributed by atoms with Gasteiger partial charge in [0.05, 0.1) is 6.26 Å². The van der Waals surface area contributed by atoms with Crippen LogP contribution < -0.4 is 5.32 Å². The number of aryl methyl sites for hydroxylation is 2. The summed E-state index contributed by atoms with van der Waals surface area (Å²) in [6.07, 6.45) is 7.05. The fourth-order valence-electron chi connectivity index (χ4n) is 1.80. The van der Waals surface area contributed by atoms with Crippen LogP contribution in [0.25, 0.3) is 0 Å². The Kier molecular flexibility index (Phi) is 5.73. The van der Waals surface area contributed by atoms with Crippen molar-refractivity contribution in [2.45, 2.75) is 45.4 Å². The summed E-state index contributed by atoms with van der Waals surface area (Å²) in [4.78, 5) is 11.8. The summed E-state index contributed by atoms with van der Waals surface area (Å²) in [5.41, 5.74) is 0. The summed E-state index contributed by atoms with van der Waals surface area (Å²) in [6.45, 7) is 2.17. The molecule has 0 aromatic carbocycles. The molecule has 108 valence electrons. The van der Waals surface area contributed by atoms with Gasteiger partial charge in [-0.2, -0.15) is 0 Å². The van der Waals surface area contributed by atoms with Crippen molar-refractivity contribution in [3.63, 3.8) is 0 Å². The fraction of sp³-hybridized carbons (Fsp3) is 0.500. The molecule has 2 aromatic rings. The molecule has 5 nitrogen and oxygen atoms in total. The Morgan fingerprint density at radius 2 is 2.25 bits per heavy atom. The van der Waals surface area contributed by atoms with Gasteiger partial charge in [-0.3, -0.25) is 4.79 Å². The summed E-state index contributed by atoms with van der Waals surface area (Å²) in [5, 5.41) is 12.4. The number of hydrogen-bond acceptors (Lipinski definition) is 5. The zero-order valence-corrected chi connectivity index (χ0v) is 12.4. The molecule has 0 fully saturated rings. The second-order valence-electron chi connectivity index (χ2n) is 4.59.